The molecule has 0 saturated carbocycles. The lowest BCUT2D eigenvalue weighted by atomic mass is 10.0. The molecule has 0 aliphatic heterocycles. The Morgan fingerprint density at radius 2 is 1.76 bits per heavy atom. The zero-order valence-electron chi connectivity index (χ0n) is 10.2. The molecule has 0 amide bonds. The number of rotatable bonds is 2. The van der Waals surface area contributed by atoms with Crippen molar-refractivity contribution in [2.75, 3.05) is 0 Å². The summed E-state index contributed by atoms with van der Waals surface area (Å²) in [7, 11) is 0. The number of hydrogen-bond acceptors (Lipinski definition) is 3. The molecular weight excluding hydrogens is 212 g/mol. The zero-order valence-corrected chi connectivity index (χ0v) is 10.2. The molecule has 1 heterocycles. The summed E-state index contributed by atoms with van der Waals surface area (Å²) < 4.78 is 0. The van der Waals surface area contributed by atoms with Crippen LogP contribution >= 0.6 is 0 Å². The fourth-order valence-electron chi connectivity index (χ4n) is 1.75. The van der Waals surface area contributed by atoms with E-state index in [1.165, 1.54) is 0 Å². The van der Waals surface area contributed by atoms with Crippen LogP contribution in [-0.2, 0) is 0 Å². The summed E-state index contributed by atoms with van der Waals surface area (Å²) in [6.45, 7) is 5.40. The van der Waals surface area contributed by atoms with Crippen molar-refractivity contribution in [2.45, 2.75) is 20.8 Å². The molecule has 0 spiro atoms. The van der Waals surface area contributed by atoms with Crippen LogP contribution in [0.2, 0.25) is 0 Å². The molecular formula is C14H14N2O. The normalized spacial score (nSPS) is 10.3. The molecule has 1 aromatic heterocycles. The molecule has 0 saturated heterocycles. The van der Waals surface area contributed by atoms with Crippen LogP contribution in [0.25, 0.3) is 11.1 Å². The molecule has 0 bridgehead atoms. The van der Waals surface area contributed by atoms with Crippen molar-refractivity contribution in [3.05, 3.63) is 47.5 Å². The zero-order chi connectivity index (χ0) is 12.4. The molecule has 0 atom stereocenters. The number of carbonyl (C=O) groups is 1. The lowest BCUT2D eigenvalue weighted by molar-refractivity contribution is 0.101. The Labute approximate surface area is 101 Å². The van der Waals surface area contributed by atoms with Gasteiger partial charge in [0.15, 0.2) is 5.78 Å². The van der Waals surface area contributed by atoms with Crippen molar-refractivity contribution < 1.29 is 4.79 Å². The number of nitrogens with zero attached hydrogens (tertiary/aromatic N) is 2. The summed E-state index contributed by atoms with van der Waals surface area (Å²) in [4.78, 5) is 19.7. The number of hydrogen-bond donors (Lipinski definition) is 0. The smallest absolute Gasteiger partial charge is 0.159 e. The summed E-state index contributed by atoms with van der Waals surface area (Å²) in [6.07, 6.45) is 1.82. The standard InChI is InChI=1S/C14H14N2O/c1-9-14(8-15-11(3)16-9)13-6-4-12(5-7-13)10(2)17/h4-8H,1-3H3. The third kappa shape index (κ3) is 2.38. The Kier molecular flexibility index (Phi) is 3.00. The molecule has 0 radical (unpaired) electrons. The van der Waals surface area contributed by atoms with Crippen molar-refractivity contribution in [1.82, 2.24) is 9.97 Å². The van der Waals surface area contributed by atoms with Gasteiger partial charge in [0.2, 0.25) is 0 Å². The minimum absolute atomic E-state index is 0.0772. The topological polar surface area (TPSA) is 42.9 Å². The average molecular weight is 226 g/mol. The summed E-state index contributed by atoms with van der Waals surface area (Å²) in [5, 5.41) is 0. The van der Waals surface area contributed by atoms with Gasteiger partial charge in [0.25, 0.3) is 0 Å². The minimum atomic E-state index is 0.0772. The predicted octanol–water partition coefficient (Wildman–Crippen LogP) is 2.96. The lowest BCUT2D eigenvalue weighted by Crippen LogP contribution is -1.95. The van der Waals surface area contributed by atoms with E-state index >= 15 is 0 Å². The van der Waals surface area contributed by atoms with Gasteiger partial charge in [0.05, 0.1) is 0 Å². The van der Waals surface area contributed by atoms with Crippen LogP contribution < -0.4 is 0 Å². The van der Waals surface area contributed by atoms with E-state index in [1.807, 2.05) is 44.3 Å². The van der Waals surface area contributed by atoms with E-state index in [2.05, 4.69) is 9.97 Å². The monoisotopic (exact) mass is 226 g/mol. The molecule has 0 unspecified atom stereocenters. The molecule has 0 fully saturated rings. The second kappa shape index (κ2) is 4.45. The summed E-state index contributed by atoms with van der Waals surface area (Å²) in [5.41, 5.74) is 3.71. The number of aromatic nitrogens is 2. The fraction of sp³-hybridized carbons (Fsp3) is 0.214. The Morgan fingerprint density at radius 1 is 1.12 bits per heavy atom. The predicted molar refractivity (Wildman–Crippen MR) is 66.9 cm³/mol. The summed E-state index contributed by atoms with van der Waals surface area (Å²) in [5.74, 6) is 0.847. The molecule has 1 aromatic carbocycles. The third-order valence-electron chi connectivity index (χ3n) is 2.70. The van der Waals surface area contributed by atoms with Gasteiger partial charge in [0.1, 0.15) is 5.82 Å². The summed E-state index contributed by atoms with van der Waals surface area (Å²) >= 11 is 0. The van der Waals surface area contributed by atoms with Crippen LogP contribution in [0.3, 0.4) is 0 Å². The average Bonchev–Trinajstić information content (AvgIpc) is 2.29. The molecule has 2 aromatic rings. The van der Waals surface area contributed by atoms with Gasteiger partial charge >= 0.3 is 0 Å². The second-order valence-corrected chi connectivity index (χ2v) is 4.05. The molecule has 3 heteroatoms. The number of benzene rings is 1. The van der Waals surface area contributed by atoms with E-state index in [0.717, 1.165) is 28.2 Å². The highest BCUT2D eigenvalue weighted by Gasteiger charge is 2.05. The molecule has 0 N–H and O–H groups in total. The quantitative estimate of drug-likeness (QED) is 0.739. The van der Waals surface area contributed by atoms with Gasteiger partial charge in [-0.2, -0.15) is 0 Å². The van der Waals surface area contributed by atoms with Crippen LogP contribution in [0.15, 0.2) is 30.5 Å². The number of carbonyl (C=O) groups excluding carboxylic acids is 1. The fourth-order valence-corrected chi connectivity index (χ4v) is 1.75. The molecule has 2 rings (SSSR count). The molecule has 17 heavy (non-hydrogen) atoms. The lowest BCUT2D eigenvalue weighted by Gasteiger charge is -2.06. The van der Waals surface area contributed by atoms with Crippen molar-refractivity contribution in [2.24, 2.45) is 0 Å². The van der Waals surface area contributed by atoms with Gasteiger partial charge < -0.3 is 0 Å². The first kappa shape index (κ1) is 11.5. The van der Waals surface area contributed by atoms with Crippen molar-refractivity contribution in [1.29, 1.82) is 0 Å². The Bertz CT molecular complexity index is 559. The highest BCUT2D eigenvalue weighted by molar-refractivity contribution is 5.94. The van der Waals surface area contributed by atoms with E-state index in [4.69, 9.17) is 0 Å². The van der Waals surface area contributed by atoms with E-state index < -0.39 is 0 Å². The van der Waals surface area contributed by atoms with Crippen molar-refractivity contribution in [3.8, 4) is 11.1 Å². The SMILES string of the molecule is CC(=O)c1ccc(-c2cnc(C)nc2C)cc1. The molecule has 0 aliphatic rings. The van der Waals surface area contributed by atoms with Gasteiger partial charge in [-0.25, -0.2) is 9.97 Å². The van der Waals surface area contributed by atoms with Crippen LogP contribution in [0.4, 0.5) is 0 Å². The van der Waals surface area contributed by atoms with Gasteiger partial charge in [-0.3, -0.25) is 4.79 Å². The first-order valence-electron chi connectivity index (χ1n) is 5.49. The van der Waals surface area contributed by atoms with E-state index in [-0.39, 0.29) is 5.78 Å². The van der Waals surface area contributed by atoms with Crippen molar-refractivity contribution >= 4 is 5.78 Å². The van der Waals surface area contributed by atoms with Crippen LogP contribution in [0.5, 0.6) is 0 Å². The van der Waals surface area contributed by atoms with Crippen LogP contribution in [0, 0.1) is 13.8 Å². The van der Waals surface area contributed by atoms with Gasteiger partial charge in [-0.05, 0) is 26.3 Å². The Morgan fingerprint density at radius 3 is 2.29 bits per heavy atom. The van der Waals surface area contributed by atoms with Gasteiger partial charge in [-0.15, -0.1) is 0 Å². The Hall–Kier alpha value is -2.03. The third-order valence-corrected chi connectivity index (χ3v) is 2.70. The largest absolute Gasteiger partial charge is 0.295 e. The van der Waals surface area contributed by atoms with Gasteiger partial charge in [-0.1, -0.05) is 24.3 Å². The van der Waals surface area contributed by atoms with Crippen molar-refractivity contribution in [3.63, 3.8) is 0 Å². The van der Waals surface area contributed by atoms with E-state index in [9.17, 15) is 4.79 Å². The van der Waals surface area contributed by atoms with Crippen LogP contribution in [0.1, 0.15) is 28.8 Å². The van der Waals surface area contributed by atoms with Gasteiger partial charge in [0, 0.05) is 23.0 Å². The highest BCUT2D eigenvalue weighted by atomic mass is 16.1. The van der Waals surface area contributed by atoms with Crippen LogP contribution in [-0.4, -0.2) is 15.8 Å². The summed E-state index contributed by atoms with van der Waals surface area (Å²) in [6, 6.07) is 7.52. The first-order valence-corrected chi connectivity index (χ1v) is 5.49. The molecule has 3 nitrogen and oxygen atoms in total. The number of ketones is 1. The highest BCUT2D eigenvalue weighted by Crippen LogP contribution is 2.21. The number of aryl methyl sites for hydroxylation is 2. The number of Topliss-reactive ketones (excluding diaryl/α,β-unsaturated/α-hetero) is 1. The maximum absolute atomic E-state index is 11.2. The minimum Gasteiger partial charge on any atom is -0.295 e. The maximum atomic E-state index is 11.2. The first-order chi connectivity index (χ1) is 8.08. The molecule has 0 aliphatic carbocycles. The maximum Gasteiger partial charge on any atom is 0.159 e. The van der Waals surface area contributed by atoms with E-state index in [1.54, 1.807) is 6.92 Å². The molecule has 86 valence electrons. The van der Waals surface area contributed by atoms with E-state index in [0.29, 0.717) is 0 Å². The Balaban J connectivity index is 2.43. The second-order valence-electron chi connectivity index (χ2n) is 4.05.